The molecule has 0 bridgehead atoms. The van der Waals surface area contributed by atoms with Crippen LogP contribution >= 0.6 is 31.1 Å². The van der Waals surface area contributed by atoms with Crippen molar-refractivity contribution in [2.75, 3.05) is 12.4 Å². The second-order valence-electron chi connectivity index (χ2n) is 5.20. The van der Waals surface area contributed by atoms with E-state index in [1.54, 1.807) is 18.2 Å². The third-order valence-electron chi connectivity index (χ3n) is 3.26. The van der Waals surface area contributed by atoms with Crippen molar-refractivity contribution in [1.29, 1.82) is 0 Å². The number of hydrogen-bond donors (Lipinski definition) is 1. The van der Waals surface area contributed by atoms with Crippen molar-refractivity contribution in [3.05, 3.63) is 34.7 Å². The third kappa shape index (κ3) is 5.57. The molecule has 0 saturated heterocycles. The van der Waals surface area contributed by atoms with E-state index >= 15 is 0 Å². The van der Waals surface area contributed by atoms with Crippen molar-refractivity contribution >= 4 is 52.2 Å². The van der Waals surface area contributed by atoms with Crippen molar-refractivity contribution in [3.8, 4) is 0 Å². The molecule has 0 radical (unpaired) electrons. The van der Waals surface area contributed by atoms with E-state index in [1.165, 1.54) is 17.4 Å². The van der Waals surface area contributed by atoms with Crippen LogP contribution in [0.2, 0.25) is 0 Å². The number of rotatable bonds is 9. The highest BCUT2D eigenvalue weighted by Gasteiger charge is 2.34. The molecule has 0 aliphatic carbocycles. The van der Waals surface area contributed by atoms with Gasteiger partial charge in [0.2, 0.25) is 0 Å². The molecular weight excluding hydrogens is 384 g/mol. The van der Waals surface area contributed by atoms with Gasteiger partial charge >= 0.3 is 13.9 Å². The monoisotopic (exact) mass is 402 g/mol. The second kappa shape index (κ2) is 9.38. The average Bonchev–Trinajstić information content (AvgIpc) is 3.01. The standard InChI is InChI=1S/C16H17FNO4PS2/c1-2-3-14(19)24-7-6-22-23(21)15(17)10-4-5-12-11(8-10)9-13(25-12)16(18)20/h4-5,8-9,15H,2-3,6-7H2,1H3,(H-,18,20)/p+1. The maximum absolute atomic E-state index is 14.4. The Bertz CT molecular complexity index is 796. The van der Waals surface area contributed by atoms with Gasteiger partial charge in [-0.3, -0.25) is 9.59 Å². The summed E-state index contributed by atoms with van der Waals surface area (Å²) in [6.07, 6.45) is 1.26. The van der Waals surface area contributed by atoms with E-state index in [-0.39, 0.29) is 17.3 Å². The molecule has 9 heteroatoms. The zero-order chi connectivity index (χ0) is 18.4. The number of nitrogens with two attached hydrogens (primary N) is 1. The second-order valence-corrected chi connectivity index (χ2v) is 8.72. The van der Waals surface area contributed by atoms with Gasteiger partial charge in [-0.05, 0) is 34.6 Å². The SMILES string of the molecule is CCCC(=O)SCCO[P+](=O)C(F)c1ccc2sc(C(N)=O)cc2c1. The van der Waals surface area contributed by atoms with Gasteiger partial charge in [-0.25, -0.2) is 0 Å². The van der Waals surface area contributed by atoms with E-state index in [0.717, 1.165) is 22.9 Å². The quantitative estimate of drug-likeness (QED) is 0.481. The van der Waals surface area contributed by atoms with E-state index in [1.807, 2.05) is 6.92 Å². The first-order valence-corrected chi connectivity index (χ1v) is 10.7. The normalized spacial score (nSPS) is 13.0. The summed E-state index contributed by atoms with van der Waals surface area (Å²) >= 11 is 2.32. The van der Waals surface area contributed by atoms with E-state index in [9.17, 15) is 18.5 Å². The molecule has 0 aliphatic rings. The summed E-state index contributed by atoms with van der Waals surface area (Å²) in [6, 6.07) is 6.31. The molecule has 2 unspecified atom stereocenters. The van der Waals surface area contributed by atoms with Crippen LogP contribution in [0, 0.1) is 0 Å². The summed E-state index contributed by atoms with van der Waals surface area (Å²) in [5.74, 6) is -1.96. The molecule has 134 valence electrons. The van der Waals surface area contributed by atoms with E-state index < -0.39 is 19.8 Å². The first kappa shape index (κ1) is 20.0. The number of carbonyl (C=O) groups is 2. The lowest BCUT2D eigenvalue weighted by atomic mass is 10.2. The highest BCUT2D eigenvalue weighted by Crippen LogP contribution is 2.44. The summed E-state index contributed by atoms with van der Waals surface area (Å²) in [4.78, 5) is 22.9. The summed E-state index contributed by atoms with van der Waals surface area (Å²) in [6.45, 7) is 1.96. The number of hydrogen-bond acceptors (Lipinski definition) is 6. The first-order valence-electron chi connectivity index (χ1n) is 7.64. The Labute approximate surface area is 154 Å². The summed E-state index contributed by atoms with van der Waals surface area (Å²) < 4.78 is 32.1. The lowest BCUT2D eigenvalue weighted by Crippen LogP contribution is -2.07. The molecule has 1 amide bonds. The Morgan fingerprint density at radius 3 is 2.84 bits per heavy atom. The lowest BCUT2D eigenvalue weighted by molar-refractivity contribution is -0.111. The topological polar surface area (TPSA) is 86.5 Å². The molecule has 2 N–H and O–H groups in total. The fraction of sp³-hybridized carbons (Fsp3) is 0.375. The van der Waals surface area contributed by atoms with Crippen LogP contribution < -0.4 is 5.73 Å². The molecule has 0 spiro atoms. The molecule has 1 aromatic carbocycles. The molecular formula is C16H18FNO4PS2+. The predicted molar refractivity (Wildman–Crippen MR) is 100 cm³/mol. The van der Waals surface area contributed by atoms with Crippen molar-refractivity contribution in [2.24, 2.45) is 5.73 Å². The van der Waals surface area contributed by atoms with Crippen molar-refractivity contribution in [1.82, 2.24) is 0 Å². The first-order chi connectivity index (χ1) is 11.9. The van der Waals surface area contributed by atoms with Crippen molar-refractivity contribution in [3.63, 3.8) is 0 Å². The Morgan fingerprint density at radius 1 is 1.40 bits per heavy atom. The zero-order valence-electron chi connectivity index (χ0n) is 13.6. The number of fused-ring (bicyclic) bond motifs is 1. The highest BCUT2D eigenvalue weighted by molar-refractivity contribution is 8.13. The van der Waals surface area contributed by atoms with Gasteiger partial charge < -0.3 is 5.73 Å². The number of carbonyl (C=O) groups excluding carboxylic acids is 2. The van der Waals surface area contributed by atoms with Crippen LogP contribution in [-0.4, -0.2) is 23.4 Å². The molecule has 0 saturated carbocycles. The molecule has 2 atom stereocenters. The van der Waals surface area contributed by atoms with Crippen molar-refractivity contribution < 1.29 is 23.1 Å². The molecule has 5 nitrogen and oxygen atoms in total. The van der Waals surface area contributed by atoms with Crippen LogP contribution in [0.25, 0.3) is 10.1 Å². The van der Waals surface area contributed by atoms with Gasteiger partial charge in [0.1, 0.15) is 6.61 Å². The minimum atomic E-state index is -2.55. The van der Waals surface area contributed by atoms with Gasteiger partial charge in [0.05, 0.1) is 4.88 Å². The van der Waals surface area contributed by atoms with E-state index in [4.69, 9.17) is 10.3 Å². The van der Waals surface area contributed by atoms with Crippen LogP contribution in [0.1, 0.15) is 40.9 Å². The molecule has 1 heterocycles. The number of halogens is 1. The molecule has 0 fully saturated rings. The molecule has 0 aliphatic heterocycles. The van der Waals surface area contributed by atoms with Gasteiger partial charge in [0, 0.05) is 22.4 Å². The minimum absolute atomic E-state index is 0.0439. The Morgan fingerprint density at radius 2 is 2.16 bits per heavy atom. The number of benzene rings is 1. The number of alkyl halides is 1. The highest BCUT2D eigenvalue weighted by atomic mass is 32.2. The number of amides is 1. The fourth-order valence-electron chi connectivity index (χ4n) is 2.08. The van der Waals surface area contributed by atoms with Gasteiger partial charge in [-0.15, -0.1) is 15.9 Å². The summed E-state index contributed by atoms with van der Waals surface area (Å²) in [5, 5.41) is 0.717. The fourth-order valence-corrected chi connectivity index (χ4v) is 4.65. The smallest absolute Gasteiger partial charge is 0.365 e. The van der Waals surface area contributed by atoms with Gasteiger partial charge in [-0.2, -0.15) is 4.39 Å². The third-order valence-corrected chi connectivity index (χ3v) is 6.40. The Balaban J connectivity index is 1.93. The lowest BCUT2D eigenvalue weighted by Gasteiger charge is -1.99. The summed E-state index contributed by atoms with van der Waals surface area (Å²) in [7, 11) is -2.55. The van der Waals surface area contributed by atoms with Crippen molar-refractivity contribution in [2.45, 2.75) is 25.7 Å². The zero-order valence-corrected chi connectivity index (χ0v) is 16.1. The largest absolute Gasteiger partial charge is 0.550 e. The molecule has 25 heavy (non-hydrogen) atoms. The molecule has 2 rings (SSSR count). The van der Waals surface area contributed by atoms with Crippen LogP contribution in [-0.2, 0) is 13.9 Å². The molecule has 2 aromatic rings. The maximum Gasteiger partial charge on any atom is 0.550 e. The van der Waals surface area contributed by atoms with Crippen LogP contribution in [0.5, 0.6) is 0 Å². The Hall–Kier alpha value is -1.34. The van der Waals surface area contributed by atoms with Gasteiger partial charge in [0.15, 0.2) is 5.12 Å². The van der Waals surface area contributed by atoms with Gasteiger partial charge in [0.25, 0.3) is 5.91 Å². The number of thiophene rings is 1. The van der Waals surface area contributed by atoms with Crippen LogP contribution in [0.15, 0.2) is 24.3 Å². The number of primary amides is 1. The predicted octanol–water partition coefficient (Wildman–Crippen LogP) is 4.79. The van der Waals surface area contributed by atoms with Crippen LogP contribution in [0.3, 0.4) is 0 Å². The van der Waals surface area contributed by atoms with Crippen LogP contribution in [0.4, 0.5) is 4.39 Å². The molecule has 1 aromatic heterocycles. The van der Waals surface area contributed by atoms with E-state index in [2.05, 4.69) is 0 Å². The minimum Gasteiger partial charge on any atom is -0.365 e. The van der Waals surface area contributed by atoms with Gasteiger partial charge in [-0.1, -0.05) is 24.8 Å². The maximum atomic E-state index is 14.4. The Kier molecular flexibility index (Phi) is 7.50. The van der Waals surface area contributed by atoms with E-state index in [0.29, 0.717) is 22.4 Å². The average molecular weight is 402 g/mol. The summed E-state index contributed by atoms with van der Waals surface area (Å²) in [5.41, 5.74) is 5.46. The number of thioether (sulfide) groups is 1.